The number of nitrogens with one attached hydrogen (secondary N) is 1. The first kappa shape index (κ1) is 15.4. The van der Waals surface area contributed by atoms with E-state index in [2.05, 4.69) is 20.4 Å². The molecule has 7 heteroatoms. The summed E-state index contributed by atoms with van der Waals surface area (Å²) in [4.78, 5) is 14.8. The monoisotopic (exact) mass is 329 g/mol. The molecular weight excluding hydrogens is 306 g/mol. The van der Waals surface area contributed by atoms with Crippen LogP contribution in [0.2, 0.25) is 0 Å². The molecule has 0 saturated carbocycles. The van der Waals surface area contributed by atoms with Crippen LogP contribution >= 0.6 is 0 Å². The molecule has 1 amide bonds. The molecule has 0 aromatic carbocycles. The van der Waals surface area contributed by atoms with Gasteiger partial charge < -0.3 is 14.3 Å². The number of likely N-dealkylation sites (tertiary alicyclic amines) is 1. The minimum Gasteiger partial charge on any atom is -0.472 e. The van der Waals surface area contributed by atoms with Crippen LogP contribution in [0.4, 0.5) is 0 Å². The summed E-state index contributed by atoms with van der Waals surface area (Å²) in [5, 5.41) is 11.3. The summed E-state index contributed by atoms with van der Waals surface area (Å²) >= 11 is 0. The maximum atomic E-state index is 12.3. The number of hydrogen-bond donors (Lipinski definition) is 1. The van der Waals surface area contributed by atoms with Crippen molar-refractivity contribution in [3.05, 3.63) is 35.8 Å². The number of amides is 1. The summed E-state index contributed by atoms with van der Waals surface area (Å²) in [5.41, 5.74) is 1.21. The van der Waals surface area contributed by atoms with Gasteiger partial charge in [-0.15, -0.1) is 10.2 Å². The van der Waals surface area contributed by atoms with Crippen LogP contribution in [0.3, 0.4) is 0 Å². The largest absolute Gasteiger partial charge is 0.472 e. The van der Waals surface area contributed by atoms with E-state index < -0.39 is 0 Å². The summed E-state index contributed by atoms with van der Waals surface area (Å²) in [6, 6.07) is 2.12. The zero-order valence-corrected chi connectivity index (χ0v) is 14.1. The van der Waals surface area contributed by atoms with E-state index in [0.29, 0.717) is 17.7 Å². The van der Waals surface area contributed by atoms with E-state index in [4.69, 9.17) is 4.42 Å². The van der Waals surface area contributed by atoms with Crippen LogP contribution in [-0.4, -0.2) is 44.7 Å². The predicted octanol–water partition coefficient (Wildman–Crippen LogP) is 1.31. The van der Waals surface area contributed by atoms with E-state index in [-0.39, 0.29) is 11.9 Å². The highest BCUT2D eigenvalue weighted by Crippen LogP contribution is 2.33. The molecule has 0 unspecified atom stereocenters. The van der Waals surface area contributed by atoms with Crippen molar-refractivity contribution >= 4 is 5.91 Å². The molecule has 1 N–H and O–H groups in total. The third-order valence-corrected chi connectivity index (χ3v) is 4.95. The Labute approximate surface area is 141 Å². The number of nitrogens with zero attached hydrogens (tertiary/aromatic N) is 4. The lowest BCUT2D eigenvalue weighted by Crippen LogP contribution is -2.35. The molecule has 2 atom stereocenters. The SMILES string of the molecule is CC(C)NC(=O)c1nnc2n1C[C@H]1CN(Cc3ccoc3)C[C@H]1C2. The van der Waals surface area contributed by atoms with Gasteiger partial charge in [0, 0.05) is 44.2 Å². The van der Waals surface area contributed by atoms with Gasteiger partial charge in [0.05, 0.1) is 12.5 Å². The van der Waals surface area contributed by atoms with E-state index in [1.54, 1.807) is 6.26 Å². The third kappa shape index (κ3) is 2.84. The molecule has 24 heavy (non-hydrogen) atoms. The van der Waals surface area contributed by atoms with Gasteiger partial charge in [0.2, 0.25) is 5.82 Å². The zero-order valence-electron chi connectivity index (χ0n) is 14.1. The molecule has 4 heterocycles. The molecule has 2 aliphatic rings. The van der Waals surface area contributed by atoms with Gasteiger partial charge in [-0.25, -0.2) is 0 Å². The molecule has 128 valence electrons. The molecule has 7 nitrogen and oxygen atoms in total. The highest BCUT2D eigenvalue weighted by Gasteiger charge is 2.39. The van der Waals surface area contributed by atoms with Crippen LogP contribution in [0.15, 0.2) is 23.0 Å². The maximum Gasteiger partial charge on any atom is 0.289 e. The quantitative estimate of drug-likeness (QED) is 0.915. The Kier molecular flexibility index (Phi) is 3.88. The Morgan fingerprint density at radius 2 is 2.17 bits per heavy atom. The van der Waals surface area contributed by atoms with E-state index >= 15 is 0 Å². The molecule has 0 bridgehead atoms. The smallest absolute Gasteiger partial charge is 0.289 e. The highest BCUT2D eigenvalue weighted by atomic mass is 16.3. The van der Waals surface area contributed by atoms with Gasteiger partial charge in [-0.3, -0.25) is 9.69 Å². The molecule has 0 spiro atoms. The van der Waals surface area contributed by atoms with Crippen LogP contribution in [-0.2, 0) is 19.5 Å². The lowest BCUT2D eigenvalue weighted by Gasteiger charge is -2.25. The lowest BCUT2D eigenvalue weighted by molar-refractivity contribution is 0.0924. The Morgan fingerprint density at radius 1 is 1.33 bits per heavy atom. The fourth-order valence-electron chi connectivity index (χ4n) is 3.89. The van der Waals surface area contributed by atoms with Gasteiger partial charge in [-0.05, 0) is 31.7 Å². The average Bonchev–Trinajstić information content (AvgIpc) is 3.22. The van der Waals surface area contributed by atoms with Crippen molar-refractivity contribution in [2.45, 2.75) is 39.4 Å². The molecule has 2 aromatic heterocycles. The summed E-state index contributed by atoms with van der Waals surface area (Å²) in [6.07, 6.45) is 4.43. The van der Waals surface area contributed by atoms with Gasteiger partial charge in [0.25, 0.3) is 5.91 Å². The van der Waals surface area contributed by atoms with Crippen molar-refractivity contribution in [3.8, 4) is 0 Å². The Hall–Kier alpha value is -2.15. The topological polar surface area (TPSA) is 76.2 Å². The van der Waals surface area contributed by atoms with Gasteiger partial charge in [0.15, 0.2) is 0 Å². The normalized spacial score (nSPS) is 23.3. The Bertz CT molecular complexity index is 721. The fraction of sp³-hybridized carbons (Fsp3) is 0.588. The molecule has 0 aliphatic carbocycles. The van der Waals surface area contributed by atoms with Crippen molar-refractivity contribution in [1.82, 2.24) is 25.0 Å². The number of aromatic nitrogens is 3. The second kappa shape index (κ2) is 6.05. The lowest BCUT2D eigenvalue weighted by atomic mass is 9.89. The molecule has 2 aliphatic heterocycles. The van der Waals surface area contributed by atoms with Crippen molar-refractivity contribution < 1.29 is 9.21 Å². The number of rotatable bonds is 4. The first-order chi connectivity index (χ1) is 11.6. The average molecular weight is 329 g/mol. The molecule has 1 fully saturated rings. The number of furan rings is 1. The second-order valence-corrected chi connectivity index (χ2v) is 7.23. The fourth-order valence-corrected chi connectivity index (χ4v) is 3.89. The summed E-state index contributed by atoms with van der Waals surface area (Å²) < 4.78 is 7.18. The van der Waals surface area contributed by atoms with Crippen LogP contribution in [0, 0.1) is 11.8 Å². The standard InChI is InChI=1S/C17H23N5O2/c1-11(2)18-17(23)16-20-19-15-5-13-7-21(6-12-3-4-24-10-12)8-14(13)9-22(15)16/h3-4,10-11,13-14H,5-9H2,1-2H3,(H,18,23)/t13-,14-/m1/s1. The van der Waals surface area contributed by atoms with Gasteiger partial charge >= 0.3 is 0 Å². The first-order valence-electron chi connectivity index (χ1n) is 8.56. The number of carbonyl (C=O) groups excluding carboxylic acids is 1. The van der Waals surface area contributed by atoms with Gasteiger partial charge in [0.1, 0.15) is 5.82 Å². The van der Waals surface area contributed by atoms with Gasteiger partial charge in [-0.2, -0.15) is 0 Å². The van der Waals surface area contributed by atoms with Crippen molar-refractivity contribution in [2.24, 2.45) is 11.8 Å². The summed E-state index contributed by atoms with van der Waals surface area (Å²) in [5.74, 6) is 2.40. The van der Waals surface area contributed by atoms with Crippen LogP contribution in [0.1, 0.15) is 35.9 Å². The second-order valence-electron chi connectivity index (χ2n) is 7.23. The third-order valence-electron chi connectivity index (χ3n) is 4.95. The first-order valence-corrected chi connectivity index (χ1v) is 8.56. The minimum absolute atomic E-state index is 0.0960. The van der Waals surface area contributed by atoms with E-state index in [0.717, 1.165) is 38.4 Å². The van der Waals surface area contributed by atoms with E-state index in [1.807, 2.05) is 30.7 Å². The molecule has 0 radical (unpaired) electrons. The van der Waals surface area contributed by atoms with Crippen LogP contribution in [0.5, 0.6) is 0 Å². The summed E-state index contributed by atoms with van der Waals surface area (Å²) in [7, 11) is 0. The molecule has 1 saturated heterocycles. The minimum atomic E-state index is -0.129. The van der Waals surface area contributed by atoms with Crippen LogP contribution in [0.25, 0.3) is 0 Å². The maximum absolute atomic E-state index is 12.3. The highest BCUT2D eigenvalue weighted by molar-refractivity contribution is 5.90. The molecular formula is C17H23N5O2. The number of hydrogen-bond acceptors (Lipinski definition) is 5. The Morgan fingerprint density at radius 3 is 2.92 bits per heavy atom. The number of fused-ring (bicyclic) bond motifs is 2. The summed E-state index contributed by atoms with van der Waals surface area (Å²) in [6.45, 7) is 7.76. The predicted molar refractivity (Wildman–Crippen MR) is 87.3 cm³/mol. The van der Waals surface area contributed by atoms with E-state index in [1.165, 1.54) is 5.56 Å². The van der Waals surface area contributed by atoms with Crippen molar-refractivity contribution in [2.75, 3.05) is 13.1 Å². The van der Waals surface area contributed by atoms with E-state index in [9.17, 15) is 4.79 Å². The van der Waals surface area contributed by atoms with Crippen LogP contribution < -0.4 is 5.32 Å². The Balaban J connectivity index is 1.46. The number of carbonyl (C=O) groups is 1. The van der Waals surface area contributed by atoms with Crippen molar-refractivity contribution in [3.63, 3.8) is 0 Å². The zero-order chi connectivity index (χ0) is 16.7. The van der Waals surface area contributed by atoms with Crippen molar-refractivity contribution in [1.29, 1.82) is 0 Å². The molecule has 2 aromatic rings. The molecule has 4 rings (SSSR count). The van der Waals surface area contributed by atoms with Gasteiger partial charge in [-0.1, -0.05) is 0 Å².